The molecule has 1 aromatic carbocycles. The number of halogens is 4. The van der Waals surface area contributed by atoms with E-state index >= 15 is 0 Å². The molecular weight excluding hydrogens is 351 g/mol. The van der Waals surface area contributed by atoms with Crippen LogP contribution in [0.25, 0.3) is 0 Å². The second-order valence-electron chi connectivity index (χ2n) is 4.96. The van der Waals surface area contributed by atoms with Crippen molar-refractivity contribution in [1.29, 1.82) is 0 Å². The third kappa shape index (κ3) is 3.29. The number of benzene rings is 1. The Bertz CT molecular complexity index is 779. The summed E-state index contributed by atoms with van der Waals surface area (Å²) in [7, 11) is 0. The molecule has 2 unspecified atom stereocenters. The molecule has 0 bridgehead atoms. The van der Waals surface area contributed by atoms with E-state index in [4.69, 9.17) is 16.3 Å². The van der Waals surface area contributed by atoms with E-state index < -0.39 is 30.1 Å². The fourth-order valence-electron chi connectivity index (χ4n) is 2.28. The highest BCUT2D eigenvalue weighted by atomic mass is 35.5. The van der Waals surface area contributed by atoms with Crippen molar-refractivity contribution in [2.45, 2.75) is 18.6 Å². The number of hydrogen-bond acceptors (Lipinski definition) is 5. The van der Waals surface area contributed by atoms with Crippen LogP contribution < -0.4 is 9.47 Å². The zero-order chi connectivity index (χ0) is 17.5. The largest absolute Gasteiger partial charge is 0.573 e. The summed E-state index contributed by atoms with van der Waals surface area (Å²) in [4.78, 5) is 16.0. The number of aliphatic hydroxyl groups excluding tert-OH is 1. The Labute approximate surface area is 138 Å². The lowest BCUT2D eigenvalue weighted by atomic mass is 9.96. The number of pyridine rings is 1. The van der Waals surface area contributed by atoms with Crippen molar-refractivity contribution in [1.82, 2.24) is 4.98 Å². The van der Waals surface area contributed by atoms with E-state index in [9.17, 15) is 23.1 Å². The van der Waals surface area contributed by atoms with Crippen molar-refractivity contribution in [3.63, 3.8) is 0 Å². The average molecular weight is 360 g/mol. The van der Waals surface area contributed by atoms with Gasteiger partial charge in [-0.05, 0) is 17.7 Å². The maximum atomic E-state index is 12.2. The molecule has 0 radical (unpaired) electrons. The maximum absolute atomic E-state index is 12.2. The Morgan fingerprint density at radius 1 is 1.25 bits per heavy atom. The van der Waals surface area contributed by atoms with Crippen LogP contribution in [0.3, 0.4) is 0 Å². The number of aromatic nitrogens is 1. The molecule has 2 heterocycles. The van der Waals surface area contributed by atoms with Gasteiger partial charge in [0, 0.05) is 12.3 Å². The van der Waals surface area contributed by atoms with Crippen LogP contribution in [0.4, 0.5) is 13.2 Å². The Morgan fingerprint density at radius 2 is 1.92 bits per heavy atom. The number of Topliss-reactive ketones (excluding diaryl/α,β-unsaturated/α-hetero) is 1. The quantitative estimate of drug-likeness (QED) is 0.891. The van der Waals surface area contributed by atoms with Gasteiger partial charge in [0.1, 0.15) is 5.75 Å². The Hall–Kier alpha value is -2.32. The number of ketones is 1. The lowest BCUT2D eigenvalue weighted by Crippen LogP contribution is -2.36. The van der Waals surface area contributed by atoms with Gasteiger partial charge in [-0.25, -0.2) is 4.98 Å². The summed E-state index contributed by atoms with van der Waals surface area (Å²) in [5.41, 5.74) is 0.246. The van der Waals surface area contributed by atoms with Gasteiger partial charge in [-0.1, -0.05) is 23.7 Å². The minimum atomic E-state index is -4.81. The predicted octanol–water partition coefficient (Wildman–Crippen LogP) is 3.31. The van der Waals surface area contributed by atoms with Crippen LogP contribution in [-0.2, 0) is 0 Å². The standard InChI is InChI=1S/C15H9ClF3NO4/c16-8-5-10-11(20-6-8)12(21)13(22)14(23-10)7-1-3-9(4-2-7)24-15(17,18)19/h1-6,13-14,22H. The highest BCUT2D eigenvalue weighted by molar-refractivity contribution is 6.30. The molecule has 3 rings (SSSR count). The van der Waals surface area contributed by atoms with Gasteiger partial charge in [-0.15, -0.1) is 13.2 Å². The van der Waals surface area contributed by atoms with E-state index in [-0.39, 0.29) is 16.5 Å². The van der Waals surface area contributed by atoms with Crippen LogP contribution in [0, 0.1) is 0 Å². The first-order chi connectivity index (χ1) is 11.2. The van der Waals surface area contributed by atoms with Gasteiger partial charge in [0.25, 0.3) is 0 Å². The number of ether oxygens (including phenoxy) is 2. The van der Waals surface area contributed by atoms with Crippen molar-refractivity contribution in [2.75, 3.05) is 0 Å². The van der Waals surface area contributed by atoms with Gasteiger partial charge in [0.2, 0.25) is 5.78 Å². The molecule has 5 nitrogen and oxygen atoms in total. The van der Waals surface area contributed by atoms with Crippen molar-refractivity contribution in [3.05, 3.63) is 52.8 Å². The van der Waals surface area contributed by atoms with Gasteiger partial charge in [-0.3, -0.25) is 4.79 Å². The first kappa shape index (κ1) is 16.5. The van der Waals surface area contributed by atoms with Crippen LogP contribution in [0.15, 0.2) is 36.5 Å². The fraction of sp³-hybridized carbons (Fsp3) is 0.200. The molecule has 0 saturated carbocycles. The number of carbonyl (C=O) groups is 1. The second kappa shape index (κ2) is 5.95. The molecule has 1 aliphatic heterocycles. The Morgan fingerprint density at radius 3 is 2.54 bits per heavy atom. The Kier molecular flexibility index (Phi) is 4.10. The van der Waals surface area contributed by atoms with Crippen LogP contribution in [0.2, 0.25) is 5.02 Å². The summed E-state index contributed by atoms with van der Waals surface area (Å²) >= 11 is 5.80. The summed E-state index contributed by atoms with van der Waals surface area (Å²) in [5.74, 6) is -0.986. The number of aliphatic hydroxyl groups is 1. The van der Waals surface area contributed by atoms with Crippen LogP contribution >= 0.6 is 11.6 Å². The highest BCUT2D eigenvalue weighted by Crippen LogP contribution is 2.36. The van der Waals surface area contributed by atoms with Crippen molar-refractivity contribution in [2.24, 2.45) is 0 Å². The summed E-state index contributed by atoms with van der Waals surface area (Å²) in [5, 5.41) is 10.3. The highest BCUT2D eigenvalue weighted by Gasteiger charge is 2.38. The molecule has 126 valence electrons. The molecule has 2 aromatic rings. The molecule has 1 aliphatic rings. The first-order valence-corrected chi connectivity index (χ1v) is 7.02. The number of carbonyl (C=O) groups excluding carboxylic acids is 1. The summed E-state index contributed by atoms with van der Waals surface area (Å²) in [6.07, 6.45) is -6.19. The molecule has 0 saturated heterocycles. The van der Waals surface area contributed by atoms with Gasteiger partial charge < -0.3 is 14.6 Å². The Balaban J connectivity index is 1.88. The molecule has 1 aromatic heterocycles. The van der Waals surface area contributed by atoms with Crippen LogP contribution in [-0.4, -0.2) is 28.3 Å². The molecule has 0 fully saturated rings. The first-order valence-electron chi connectivity index (χ1n) is 6.65. The molecule has 2 atom stereocenters. The third-order valence-electron chi connectivity index (χ3n) is 3.30. The molecule has 1 N–H and O–H groups in total. The number of nitrogens with zero attached hydrogens (tertiary/aromatic N) is 1. The fourth-order valence-corrected chi connectivity index (χ4v) is 2.43. The van der Waals surface area contributed by atoms with Gasteiger partial charge in [0.05, 0.1) is 5.02 Å². The van der Waals surface area contributed by atoms with Crippen LogP contribution in [0.1, 0.15) is 22.2 Å². The SMILES string of the molecule is O=C1c2ncc(Cl)cc2OC(c2ccc(OC(F)(F)F)cc2)C1O. The molecular formula is C15H9ClF3NO4. The topological polar surface area (TPSA) is 68.7 Å². The van der Waals surface area contributed by atoms with Crippen LogP contribution in [0.5, 0.6) is 11.5 Å². The average Bonchev–Trinajstić information content (AvgIpc) is 2.50. The monoisotopic (exact) mass is 359 g/mol. The molecule has 9 heteroatoms. The molecule has 0 spiro atoms. The van der Waals surface area contributed by atoms with Gasteiger partial charge in [0.15, 0.2) is 23.7 Å². The normalized spacial score (nSPS) is 20.3. The lowest BCUT2D eigenvalue weighted by molar-refractivity contribution is -0.274. The van der Waals surface area contributed by atoms with Crippen molar-refractivity contribution >= 4 is 17.4 Å². The zero-order valence-corrected chi connectivity index (χ0v) is 12.5. The minimum absolute atomic E-state index is 0.0554. The van der Waals surface area contributed by atoms with Crippen molar-refractivity contribution < 1.29 is 32.5 Å². The van der Waals surface area contributed by atoms with E-state index in [1.807, 2.05) is 0 Å². The predicted molar refractivity (Wildman–Crippen MR) is 76.1 cm³/mol. The minimum Gasteiger partial charge on any atom is -0.480 e. The van der Waals surface area contributed by atoms with Gasteiger partial charge >= 0.3 is 6.36 Å². The summed E-state index contributed by atoms with van der Waals surface area (Å²) < 4.78 is 45.8. The maximum Gasteiger partial charge on any atom is 0.573 e. The van der Waals surface area contributed by atoms with E-state index in [1.165, 1.54) is 24.4 Å². The molecule has 0 aliphatic carbocycles. The second-order valence-corrected chi connectivity index (χ2v) is 5.40. The van der Waals surface area contributed by atoms with E-state index in [0.717, 1.165) is 12.1 Å². The van der Waals surface area contributed by atoms with Gasteiger partial charge in [-0.2, -0.15) is 0 Å². The number of rotatable bonds is 2. The molecule has 0 amide bonds. The molecule has 24 heavy (non-hydrogen) atoms. The van der Waals surface area contributed by atoms with E-state index in [0.29, 0.717) is 5.56 Å². The zero-order valence-electron chi connectivity index (χ0n) is 11.7. The summed E-state index contributed by atoms with van der Waals surface area (Å²) in [6, 6.07) is 6.04. The number of fused-ring (bicyclic) bond motifs is 1. The number of hydrogen-bond donors (Lipinski definition) is 1. The van der Waals surface area contributed by atoms with E-state index in [2.05, 4.69) is 9.72 Å². The lowest BCUT2D eigenvalue weighted by Gasteiger charge is -2.29. The third-order valence-corrected chi connectivity index (χ3v) is 3.51. The summed E-state index contributed by atoms with van der Waals surface area (Å²) in [6.45, 7) is 0. The van der Waals surface area contributed by atoms with E-state index in [1.54, 1.807) is 0 Å². The number of alkyl halides is 3. The smallest absolute Gasteiger partial charge is 0.480 e. The van der Waals surface area contributed by atoms with Crippen molar-refractivity contribution in [3.8, 4) is 11.5 Å².